The number of anilines is 1. The second kappa shape index (κ2) is 13.9. The number of rotatable bonds is 8. The standard InChI is InChI=1S/C24H29F2N3O6.C4H6BO4/c1-24(2,3)35-23(33)27-17-11-28(9-12(17)8-25)19-16(26)7-14-18(21(19)34-4)29(13-5-6-13)10-15(20(14)30)22(31)32;1-3(6)8-5-9-4(2)7/h7,10,12-13,17H,5-6,8-9,11H2,1-4H3,(H,27,33)(H,31,32);1-2H3. The molecule has 1 aromatic carbocycles. The number of carbonyl (C=O) groups is 4. The second-order valence-electron chi connectivity index (χ2n) is 11.3. The first kappa shape index (κ1) is 34.1. The predicted octanol–water partition coefficient (Wildman–Crippen LogP) is 3.13. The number of alkyl halides is 1. The normalized spacial score (nSPS) is 17.7. The summed E-state index contributed by atoms with van der Waals surface area (Å²) in [6, 6.07) is 0.330. The van der Waals surface area contributed by atoms with Gasteiger partial charge in [0.25, 0.3) is 11.9 Å². The molecule has 44 heavy (non-hydrogen) atoms. The van der Waals surface area contributed by atoms with E-state index in [0.29, 0.717) is 13.2 Å². The van der Waals surface area contributed by atoms with Crippen LogP contribution in [0.25, 0.3) is 10.9 Å². The summed E-state index contributed by atoms with van der Waals surface area (Å²) in [5.74, 6) is -3.78. The summed E-state index contributed by atoms with van der Waals surface area (Å²) in [7, 11) is 2.04. The number of ether oxygens (including phenoxy) is 2. The maximum atomic E-state index is 15.5. The molecule has 1 aromatic heterocycles. The topological polar surface area (TPSA) is 163 Å². The lowest BCUT2D eigenvalue weighted by Crippen LogP contribution is -2.43. The molecule has 2 atom stereocenters. The highest BCUT2D eigenvalue weighted by Gasteiger charge is 2.39. The Morgan fingerprint density at radius 1 is 1.11 bits per heavy atom. The molecule has 1 saturated heterocycles. The van der Waals surface area contributed by atoms with Crippen molar-refractivity contribution in [2.24, 2.45) is 5.92 Å². The fraction of sp³-hybridized carbons (Fsp3) is 0.536. The lowest BCUT2D eigenvalue weighted by Gasteiger charge is -2.25. The van der Waals surface area contributed by atoms with Gasteiger partial charge in [-0.1, -0.05) is 0 Å². The molecule has 2 aromatic rings. The summed E-state index contributed by atoms with van der Waals surface area (Å²) < 4.78 is 50.2. The highest BCUT2D eigenvalue weighted by molar-refractivity contribution is 6.25. The lowest BCUT2D eigenvalue weighted by atomic mass is 10.1. The fourth-order valence-electron chi connectivity index (χ4n) is 4.72. The predicted molar refractivity (Wildman–Crippen MR) is 154 cm³/mol. The van der Waals surface area contributed by atoms with Crippen molar-refractivity contribution < 1.29 is 51.8 Å². The van der Waals surface area contributed by atoms with Gasteiger partial charge in [0.05, 0.1) is 30.7 Å². The number of nitrogens with zero attached hydrogens (tertiary/aromatic N) is 2. The molecule has 1 amide bonds. The van der Waals surface area contributed by atoms with Gasteiger partial charge in [0.15, 0.2) is 11.6 Å². The van der Waals surface area contributed by atoms with E-state index in [-0.39, 0.29) is 36.0 Å². The number of benzene rings is 1. The Morgan fingerprint density at radius 3 is 2.20 bits per heavy atom. The van der Waals surface area contributed by atoms with Crippen molar-refractivity contribution in [2.75, 3.05) is 31.8 Å². The summed E-state index contributed by atoms with van der Waals surface area (Å²) in [5, 5.41) is 12.1. The molecule has 1 radical (unpaired) electrons. The molecule has 239 valence electrons. The summed E-state index contributed by atoms with van der Waals surface area (Å²) >= 11 is 0. The Balaban J connectivity index is 0.000000512. The number of aromatic nitrogens is 1. The summed E-state index contributed by atoms with van der Waals surface area (Å²) in [6.07, 6.45) is 2.14. The Labute approximate surface area is 252 Å². The quantitative estimate of drug-likeness (QED) is 0.416. The molecular weight excluding hydrogens is 587 g/mol. The van der Waals surface area contributed by atoms with E-state index in [2.05, 4.69) is 14.6 Å². The van der Waals surface area contributed by atoms with Gasteiger partial charge in [-0.25, -0.2) is 14.0 Å². The van der Waals surface area contributed by atoms with Crippen molar-refractivity contribution >= 4 is 48.3 Å². The van der Waals surface area contributed by atoms with Crippen molar-refractivity contribution in [3.05, 3.63) is 33.9 Å². The lowest BCUT2D eigenvalue weighted by molar-refractivity contribution is -0.136. The number of alkyl carbamates (subject to hydrolysis) is 1. The number of carboxylic acid groups (broad SMARTS) is 1. The van der Waals surface area contributed by atoms with Crippen LogP contribution in [0.1, 0.15) is 63.9 Å². The smallest absolute Gasteiger partial charge is 0.500 e. The Morgan fingerprint density at radius 2 is 1.73 bits per heavy atom. The zero-order chi connectivity index (χ0) is 32.9. The summed E-state index contributed by atoms with van der Waals surface area (Å²) in [5.41, 5.74) is -1.66. The van der Waals surface area contributed by atoms with Crippen LogP contribution in [-0.4, -0.2) is 79.9 Å². The van der Waals surface area contributed by atoms with Crippen LogP contribution in [0.2, 0.25) is 0 Å². The SMILES string of the molecule is CC(=O)O[B]OC(C)=O.COc1c(N2CC(CF)C(NC(=O)OC(C)(C)C)C2)c(F)cc2c(=O)c(C(=O)O)cn(C3CC3)c12. The Bertz CT molecular complexity index is 1480. The molecule has 1 aliphatic heterocycles. The van der Waals surface area contributed by atoms with Crippen LogP contribution in [-0.2, 0) is 23.6 Å². The van der Waals surface area contributed by atoms with Gasteiger partial charge in [-0.05, 0) is 39.7 Å². The van der Waals surface area contributed by atoms with Gasteiger partial charge in [-0.3, -0.25) is 18.8 Å². The van der Waals surface area contributed by atoms with Crippen molar-refractivity contribution in [2.45, 2.75) is 65.1 Å². The largest absolute Gasteiger partial charge is 0.662 e. The third-order valence-electron chi connectivity index (χ3n) is 6.66. The molecule has 1 aliphatic carbocycles. The van der Waals surface area contributed by atoms with Gasteiger partial charge in [0, 0.05) is 45.1 Å². The minimum atomic E-state index is -1.39. The number of pyridine rings is 1. The number of methoxy groups -OCH3 is 1. The fourth-order valence-corrected chi connectivity index (χ4v) is 4.72. The third kappa shape index (κ3) is 8.38. The van der Waals surface area contributed by atoms with E-state index in [1.807, 2.05) is 0 Å². The number of carbonyl (C=O) groups excluding carboxylic acids is 3. The number of halogens is 2. The first-order chi connectivity index (χ1) is 20.6. The highest BCUT2D eigenvalue weighted by atomic mass is 19.1. The number of hydrogen-bond acceptors (Lipinski definition) is 10. The molecule has 0 spiro atoms. The van der Waals surface area contributed by atoms with E-state index in [1.165, 1.54) is 27.2 Å². The molecule has 2 fully saturated rings. The molecule has 16 heteroatoms. The van der Waals surface area contributed by atoms with E-state index in [9.17, 15) is 33.5 Å². The zero-order valence-electron chi connectivity index (χ0n) is 25.3. The molecular formula is C28H35BF2N3O10. The number of hydrogen-bond donors (Lipinski definition) is 2. The van der Waals surface area contributed by atoms with Crippen molar-refractivity contribution in [3.8, 4) is 5.75 Å². The minimum absolute atomic E-state index is 0.0313. The number of aromatic carboxylic acids is 1. The van der Waals surface area contributed by atoms with E-state index in [1.54, 1.807) is 30.2 Å². The van der Waals surface area contributed by atoms with Crippen LogP contribution in [0, 0.1) is 11.7 Å². The Kier molecular flexibility index (Phi) is 10.8. The number of carboxylic acids is 1. The number of nitrogens with one attached hydrogen (secondary N) is 1. The third-order valence-corrected chi connectivity index (χ3v) is 6.66. The molecule has 1 saturated carbocycles. The average molecular weight is 622 g/mol. The number of fused-ring (bicyclic) bond motifs is 1. The Hall–Kier alpha value is -4.37. The van der Waals surface area contributed by atoms with Crippen LogP contribution in [0.4, 0.5) is 19.3 Å². The van der Waals surface area contributed by atoms with Gasteiger partial charge < -0.3 is 38.7 Å². The molecule has 0 bridgehead atoms. The molecule has 2 heterocycles. The van der Waals surface area contributed by atoms with Crippen LogP contribution in [0.5, 0.6) is 5.75 Å². The monoisotopic (exact) mass is 622 g/mol. The molecule has 2 aliphatic rings. The van der Waals surface area contributed by atoms with Gasteiger partial charge in [-0.2, -0.15) is 0 Å². The molecule has 4 rings (SSSR count). The highest BCUT2D eigenvalue weighted by Crippen LogP contribution is 2.44. The molecule has 13 nitrogen and oxygen atoms in total. The minimum Gasteiger partial charge on any atom is -0.500 e. The first-order valence-electron chi connectivity index (χ1n) is 13.7. The summed E-state index contributed by atoms with van der Waals surface area (Å²) in [4.78, 5) is 58.3. The zero-order valence-corrected chi connectivity index (χ0v) is 25.3. The van der Waals surface area contributed by atoms with Crippen molar-refractivity contribution in [3.63, 3.8) is 0 Å². The van der Waals surface area contributed by atoms with Crippen LogP contribution < -0.4 is 20.4 Å². The van der Waals surface area contributed by atoms with Gasteiger partial charge in [0.2, 0.25) is 5.43 Å². The van der Waals surface area contributed by atoms with Gasteiger partial charge >= 0.3 is 19.7 Å². The number of amides is 1. The first-order valence-corrected chi connectivity index (χ1v) is 13.7. The van der Waals surface area contributed by atoms with E-state index >= 15 is 4.39 Å². The van der Waals surface area contributed by atoms with Crippen LogP contribution in [0.3, 0.4) is 0 Å². The van der Waals surface area contributed by atoms with Crippen molar-refractivity contribution in [1.82, 2.24) is 9.88 Å². The molecule has 2 N–H and O–H groups in total. The van der Waals surface area contributed by atoms with E-state index < -0.39 is 65.0 Å². The maximum absolute atomic E-state index is 15.5. The second-order valence-corrected chi connectivity index (χ2v) is 11.3. The van der Waals surface area contributed by atoms with Crippen LogP contribution in [0.15, 0.2) is 17.1 Å². The van der Waals surface area contributed by atoms with Gasteiger partial charge in [-0.15, -0.1) is 0 Å². The van der Waals surface area contributed by atoms with Crippen molar-refractivity contribution in [1.29, 1.82) is 0 Å². The summed E-state index contributed by atoms with van der Waals surface area (Å²) in [6.45, 7) is 6.99. The van der Waals surface area contributed by atoms with E-state index in [4.69, 9.17) is 9.47 Å². The van der Waals surface area contributed by atoms with E-state index in [0.717, 1.165) is 18.9 Å². The average Bonchev–Trinajstić information content (AvgIpc) is 3.67. The van der Waals surface area contributed by atoms with Crippen LogP contribution >= 0.6 is 0 Å². The van der Waals surface area contributed by atoms with Gasteiger partial charge in [0.1, 0.15) is 16.9 Å². The maximum Gasteiger partial charge on any atom is 0.662 e. The molecule has 2 unspecified atom stereocenters.